The van der Waals surface area contributed by atoms with Crippen LogP contribution >= 0.6 is 0 Å². The van der Waals surface area contributed by atoms with Crippen LogP contribution in [0.5, 0.6) is 0 Å². The fraction of sp³-hybridized carbons (Fsp3) is 0.200. The van der Waals surface area contributed by atoms with Crippen molar-refractivity contribution in [3.8, 4) is 0 Å². The lowest BCUT2D eigenvalue weighted by atomic mass is 9.75. The van der Waals surface area contributed by atoms with Crippen molar-refractivity contribution in [3.05, 3.63) is 125 Å². The molecule has 0 spiro atoms. The smallest absolute Gasteiger partial charge is 0.145 e. The van der Waals surface area contributed by atoms with Crippen molar-refractivity contribution in [2.24, 2.45) is 16.1 Å². The first kappa shape index (κ1) is 21.4. The zero-order chi connectivity index (χ0) is 23.6. The molecule has 1 aliphatic carbocycles. The van der Waals surface area contributed by atoms with Crippen LogP contribution in [-0.4, -0.2) is 22.2 Å². The van der Waals surface area contributed by atoms with Crippen LogP contribution in [0.15, 0.2) is 106 Å². The van der Waals surface area contributed by atoms with E-state index in [1.807, 2.05) is 42.6 Å². The quantitative estimate of drug-likeness (QED) is 0.352. The van der Waals surface area contributed by atoms with Crippen molar-refractivity contribution >= 4 is 17.2 Å². The lowest BCUT2D eigenvalue weighted by molar-refractivity contribution is -0.119. The van der Waals surface area contributed by atoms with Gasteiger partial charge in [-0.3, -0.25) is 9.78 Å². The van der Waals surface area contributed by atoms with Gasteiger partial charge in [-0.05, 0) is 59.4 Å². The number of carbonyl (C=O) groups is 1. The van der Waals surface area contributed by atoms with Crippen molar-refractivity contribution in [2.45, 2.75) is 31.6 Å². The summed E-state index contributed by atoms with van der Waals surface area (Å²) < 4.78 is 5.63. The lowest BCUT2D eigenvalue weighted by Gasteiger charge is -2.27. The Bertz CT molecular complexity index is 1380. The molecular formula is C30H25N3O2. The molecule has 2 aromatic heterocycles. The van der Waals surface area contributed by atoms with Gasteiger partial charge in [0.1, 0.15) is 11.5 Å². The molecule has 172 valence electrons. The van der Waals surface area contributed by atoms with E-state index >= 15 is 0 Å². The van der Waals surface area contributed by atoms with Crippen LogP contribution < -0.4 is 0 Å². The Morgan fingerprint density at radius 2 is 1.66 bits per heavy atom. The topological polar surface area (TPSA) is 67.8 Å². The third-order valence-corrected chi connectivity index (χ3v) is 7.02. The molecule has 4 aromatic rings. The summed E-state index contributed by atoms with van der Waals surface area (Å²) in [4.78, 5) is 18.0. The first-order valence-electron chi connectivity index (χ1n) is 12.0. The monoisotopic (exact) mass is 459 g/mol. The van der Waals surface area contributed by atoms with Gasteiger partial charge in [-0.25, -0.2) is 0 Å². The van der Waals surface area contributed by atoms with Gasteiger partial charge in [-0.15, -0.1) is 0 Å². The standard InChI is InChI=1S/C30H25N3O2/c34-28(29-24-11-3-1-7-20(24)17-21-8-2-4-12-25(21)29)14-13-27-26(18-23-10-6-16-35-23)30(33-32-27)22-9-5-15-31-19-22/h1-12,15-16,19,26,29H,13-14,17-18H2. The first-order valence-corrected chi connectivity index (χ1v) is 12.0. The van der Waals surface area contributed by atoms with E-state index in [1.54, 1.807) is 12.5 Å². The van der Waals surface area contributed by atoms with Crippen molar-refractivity contribution in [1.29, 1.82) is 0 Å². The van der Waals surface area contributed by atoms with Gasteiger partial charge < -0.3 is 4.42 Å². The van der Waals surface area contributed by atoms with E-state index < -0.39 is 0 Å². The molecule has 0 bridgehead atoms. The summed E-state index contributed by atoms with van der Waals surface area (Å²) >= 11 is 0. The second-order valence-electron chi connectivity index (χ2n) is 9.13. The number of ketones is 1. The average molecular weight is 460 g/mol. The van der Waals surface area contributed by atoms with Gasteiger partial charge in [0.2, 0.25) is 0 Å². The molecule has 0 saturated heterocycles. The van der Waals surface area contributed by atoms with Gasteiger partial charge in [-0.2, -0.15) is 10.2 Å². The van der Waals surface area contributed by atoms with Crippen molar-refractivity contribution in [2.75, 3.05) is 0 Å². The molecule has 0 fully saturated rings. The molecule has 0 amide bonds. The Hall–Kier alpha value is -4.12. The summed E-state index contributed by atoms with van der Waals surface area (Å²) in [6, 6.07) is 24.4. The van der Waals surface area contributed by atoms with Crippen LogP contribution in [0.3, 0.4) is 0 Å². The normalized spacial score (nSPS) is 16.9. The Kier molecular flexibility index (Phi) is 5.67. The van der Waals surface area contributed by atoms with E-state index in [4.69, 9.17) is 4.42 Å². The summed E-state index contributed by atoms with van der Waals surface area (Å²) in [5.41, 5.74) is 7.48. The molecule has 2 aromatic carbocycles. The van der Waals surface area contributed by atoms with Crippen molar-refractivity contribution in [3.63, 3.8) is 0 Å². The lowest BCUT2D eigenvalue weighted by Crippen LogP contribution is -2.26. The fourth-order valence-corrected chi connectivity index (χ4v) is 5.33. The Labute approximate surface area is 204 Å². The van der Waals surface area contributed by atoms with Crippen LogP contribution in [0.2, 0.25) is 0 Å². The number of hydrogen-bond acceptors (Lipinski definition) is 5. The predicted molar refractivity (Wildman–Crippen MR) is 136 cm³/mol. The summed E-state index contributed by atoms with van der Waals surface area (Å²) in [6.45, 7) is 0. The molecule has 5 nitrogen and oxygen atoms in total. The minimum Gasteiger partial charge on any atom is -0.469 e. The molecule has 1 atom stereocenters. The molecular weight excluding hydrogens is 434 g/mol. The van der Waals surface area contributed by atoms with Crippen molar-refractivity contribution in [1.82, 2.24) is 4.98 Å². The molecule has 0 N–H and O–H groups in total. The molecule has 6 rings (SSSR count). The average Bonchev–Trinajstić information content (AvgIpc) is 3.56. The molecule has 1 unspecified atom stereocenters. The third-order valence-electron chi connectivity index (χ3n) is 7.02. The van der Waals surface area contributed by atoms with E-state index in [9.17, 15) is 4.79 Å². The maximum Gasteiger partial charge on any atom is 0.145 e. The third kappa shape index (κ3) is 4.14. The van der Waals surface area contributed by atoms with Gasteiger partial charge in [0.25, 0.3) is 0 Å². The SMILES string of the molecule is O=C(CCC1=NN=C(c2cccnc2)C1Cc1ccco1)C1c2ccccc2Cc2ccccc21. The second-order valence-corrected chi connectivity index (χ2v) is 9.13. The summed E-state index contributed by atoms with van der Waals surface area (Å²) in [7, 11) is 0. The van der Waals surface area contributed by atoms with Crippen LogP contribution in [0.1, 0.15) is 52.3 Å². The summed E-state index contributed by atoms with van der Waals surface area (Å²) in [5, 5.41) is 9.07. The second kappa shape index (κ2) is 9.26. The number of rotatable bonds is 7. The number of Topliss-reactive ketones (excluding diaryl/α,β-unsaturated/α-hetero) is 1. The number of carbonyl (C=O) groups excluding carboxylic acids is 1. The molecule has 3 heterocycles. The molecule has 2 aliphatic rings. The van der Waals surface area contributed by atoms with Crippen LogP contribution in [0.25, 0.3) is 0 Å². The van der Waals surface area contributed by atoms with E-state index in [0.717, 1.165) is 40.3 Å². The Morgan fingerprint density at radius 1 is 0.886 bits per heavy atom. The molecule has 5 heteroatoms. The predicted octanol–water partition coefficient (Wildman–Crippen LogP) is 5.78. The minimum absolute atomic E-state index is 0.0379. The van der Waals surface area contributed by atoms with E-state index in [2.05, 4.69) is 51.6 Å². The molecule has 1 aliphatic heterocycles. The van der Waals surface area contributed by atoms with Crippen LogP contribution in [-0.2, 0) is 17.6 Å². The zero-order valence-corrected chi connectivity index (χ0v) is 19.3. The number of aromatic nitrogens is 1. The highest BCUT2D eigenvalue weighted by Gasteiger charge is 2.33. The van der Waals surface area contributed by atoms with Gasteiger partial charge in [-0.1, -0.05) is 48.5 Å². The maximum absolute atomic E-state index is 13.7. The highest BCUT2D eigenvalue weighted by Crippen LogP contribution is 2.38. The van der Waals surface area contributed by atoms with Gasteiger partial charge >= 0.3 is 0 Å². The van der Waals surface area contributed by atoms with E-state index in [0.29, 0.717) is 19.3 Å². The minimum atomic E-state index is -0.236. The van der Waals surface area contributed by atoms with Crippen molar-refractivity contribution < 1.29 is 9.21 Å². The Balaban J connectivity index is 1.24. The summed E-state index contributed by atoms with van der Waals surface area (Å²) in [5.74, 6) is 0.825. The van der Waals surface area contributed by atoms with Crippen LogP contribution in [0.4, 0.5) is 0 Å². The van der Waals surface area contributed by atoms with Gasteiger partial charge in [0.05, 0.1) is 29.5 Å². The Morgan fingerprint density at radius 3 is 2.34 bits per heavy atom. The zero-order valence-electron chi connectivity index (χ0n) is 19.3. The first-order chi connectivity index (χ1) is 17.3. The van der Waals surface area contributed by atoms with E-state index in [-0.39, 0.29) is 17.6 Å². The maximum atomic E-state index is 13.7. The molecule has 0 radical (unpaired) electrons. The summed E-state index contributed by atoms with van der Waals surface area (Å²) in [6.07, 6.45) is 7.76. The number of nitrogens with zero attached hydrogens (tertiary/aromatic N) is 3. The fourth-order valence-electron chi connectivity index (χ4n) is 5.33. The number of fused-ring (bicyclic) bond motifs is 2. The van der Waals surface area contributed by atoms with Gasteiger partial charge in [0.15, 0.2) is 0 Å². The van der Waals surface area contributed by atoms with Crippen LogP contribution in [0, 0.1) is 5.92 Å². The molecule has 35 heavy (non-hydrogen) atoms. The molecule has 0 saturated carbocycles. The number of benzene rings is 2. The number of pyridine rings is 1. The largest absolute Gasteiger partial charge is 0.469 e. The van der Waals surface area contributed by atoms with Gasteiger partial charge in [0, 0.05) is 30.8 Å². The highest BCUT2D eigenvalue weighted by molar-refractivity contribution is 6.18. The highest BCUT2D eigenvalue weighted by atomic mass is 16.3. The number of furan rings is 1. The number of hydrogen-bond donors (Lipinski definition) is 0. The van der Waals surface area contributed by atoms with E-state index in [1.165, 1.54) is 11.1 Å².